The standard InChI is InChI=1S/C16H28O5/c1-6-8-10-16(5,9-7-2)15(19)21-13(17)11-20-14(18)12(3)4/h13,17H,3,6-11H2,1-2,4-5H3. The molecule has 0 amide bonds. The second kappa shape index (κ2) is 9.55. The van der Waals surface area contributed by atoms with Gasteiger partial charge < -0.3 is 14.6 Å². The van der Waals surface area contributed by atoms with Gasteiger partial charge in [0.25, 0.3) is 0 Å². The average molecular weight is 300 g/mol. The molecule has 0 radical (unpaired) electrons. The van der Waals surface area contributed by atoms with Crippen molar-refractivity contribution in [2.75, 3.05) is 6.61 Å². The number of aliphatic hydroxyl groups is 1. The van der Waals surface area contributed by atoms with Crippen LogP contribution in [0, 0.1) is 5.41 Å². The number of hydrogen-bond acceptors (Lipinski definition) is 5. The highest BCUT2D eigenvalue weighted by Gasteiger charge is 2.34. The van der Waals surface area contributed by atoms with E-state index in [4.69, 9.17) is 9.47 Å². The van der Waals surface area contributed by atoms with Crippen molar-refractivity contribution in [1.29, 1.82) is 0 Å². The normalized spacial score (nSPS) is 14.9. The van der Waals surface area contributed by atoms with Crippen molar-refractivity contribution >= 4 is 11.9 Å². The van der Waals surface area contributed by atoms with Crippen molar-refractivity contribution in [3.8, 4) is 0 Å². The lowest BCUT2D eigenvalue weighted by Gasteiger charge is -2.28. The molecule has 122 valence electrons. The van der Waals surface area contributed by atoms with Crippen molar-refractivity contribution in [3.05, 3.63) is 12.2 Å². The van der Waals surface area contributed by atoms with Crippen molar-refractivity contribution in [2.45, 2.75) is 66.1 Å². The largest absolute Gasteiger partial charge is 0.456 e. The summed E-state index contributed by atoms with van der Waals surface area (Å²) in [5, 5.41) is 9.66. The fraction of sp³-hybridized carbons (Fsp3) is 0.750. The van der Waals surface area contributed by atoms with Crippen molar-refractivity contribution in [1.82, 2.24) is 0 Å². The van der Waals surface area contributed by atoms with E-state index in [-0.39, 0.29) is 12.2 Å². The lowest BCUT2D eigenvalue weighted by Crippen LogP contribution is -2.35. The SMILES string of the molecule is C=C(C)C(=O)OCC(O)OC(=O)C(C)(CCC)CCCC. The molecule has 0 bridgehead atoms. The Balaban J connectivity index is 4.46. The van der Waals surface area contributed by atoms with Gasteiger partial charge in [0.2, 0.25) is 6.29 Å². The molecule has 21 heavy (non-hydrogen) atoms. The Labute approximate surface area is 127 Å². The summed E-state index contributed by atoms with van der Waals surface area (Å²) in [7, 11) is 0. The Bertz CT molecular complexity index is 364. The van der Waals surface area contributed by atoms with Crippen LogP contribution in [0.25, 0.3) is 0 Å². The van der Waals surface area contributed by atoms with Gasteiger partial charge in [-0.2, -0.15) is 0 Å². The Hall–Kier alpha value is -1.36. The van der Waals surface area contributed by atoms with Gasteiger partial charge in [0.15, 0.2) is 6.61 Å². The molecule has 2 unspecified atom stereocenters. The minimum Gasteiger partial charge on any atom is -0.456 e. The van der Waals surface area contributed by atoms with E-state index in [1.54, 1.807) is 0 Å². The van der Waals surface area contributed by atoms with E-state index in [1.165, 1.54) is 6.92 Å². The molecule has 0 fully saturated rings. The minimum absolute atomic E-state index is 0.229. The number of carbonyl (C=O) groups is 2. The van der Waals surface area contributed by atoms with Gasteiger partial charge in [0.05, 0.1) is 5.41 Å². The van der Waals surface area contributed by atoms with Gasteiger partial charge in [-0.15, -0.1) is 0 Å². The molecular weight excluding hydrogens is 272 g/mol. The second-order valence-corrected chi connectivity index (χ2v) is 5.65. The summed E-state index contributed by atoms with van der Waals surface area (Å²) in [5.74, 6) is -1.07. The maximum absolute atomic E-state index is 12.2. The molecule has 0 saturated carbocycles. The maximum Gasteiger partial charge on any atom is 0.333 e. The lowest BCUT2D eigenvalue weighted by atomic mass is 9.81. The molecule has 0 aliphatic heterocycles. The Morgan fingerprint density at radius 1 is 1.24 bits per heavy atom. The Kier molecular flexibility index (Phi) is 8.93. The summed E-state index contributed by atoms with van der Waals surface area (Å²) in [6.45, 7) is 10.5. The van der Waals surface area contributed by atoms with Crippen LogP contribution in [0.4, 0.5) is 0 Å². The quantitative estimate of drug-likeness (QED) is 0.381. The number of esters is 2. The summed E-state index contributed by atoms with van der Waals surface area (Å²) >= 11 is 0. The minimum atomic E-state index is -1.45. The summed E-state index contributed by atoms with van der Waals surface area (Å²) in [6, 6.07) is 0. The summed E-state index contributed by atoms with van der Waals surface area (Å²) < 4.78 is 9.76. The highest BCUT2D eigenvalue weighted by molar-refractivity contribution is 5.86. The molecule has 0 aromatic carbocycles. The van der Waals surface area contributed by atoms with Gasteiger partial charge in [-0.1, -0.05) is 39.7 Å². The molecule has 5 heteroatoms. The van der Waals surface area contributed by atoms with Gasteiger partial charge >= 0.3 is 11.9 Å². The fourth-order valence-electron chi connectivity index (χ4n) is 2.02. The highest BCUT2D eigenvalue weighted by atomic mass is 16.7. The van der Waals surface area contributed by atoms with Gasteiger partial charge in [0.1, 0.15) is 0 Å². The number of unbranched alkanes of at least 4 members (excludes halogenated alkanes) is 1. The van der Waals surface area contributed by atoms with E-state index >= 15 is 0 Å². The zero-order valence-corrected chi connectivity index (χ0v) is 13.6. The van der Waals surface area contributed by atoms with E-state index in [9.17, 15) is 14.7 Å². The van der Waals surface area contributed by atoms with Crippen LogP contribution in [0.3, 0.4) is 0 Å². The second-order valence-electron chi connectivity index (χ2n) is 5.65. The van der Waals surface area contributed by atoms with E-state index in [2.05, 4.69) is 13.5 Å². The summed E-state index contributed by atoms with van der Waals surface area (Å²) in [4.78, 5) is 23.4. The van der Waals surface area contributed by atoms with E-state index < -0.39 is 23.6 Å². The lowest BCUT2D eigenvalue weighted by molar-refractivity contribution is -0.190. The number of carbonyl (C=O) groups excluding carboxylic acids is 2. The molecule has 0 rings (SSSR count). The topological polar surface area (TPSA) is 72.8 Å². The first kappa shape index (κ1) is 19.6. The fourth-order valence-corrected chi connectivity index (χ4v) is 2.02. The first-order valence-electron chi connectivity index (χ1n) is 7.48. The van der Waals surface area contributed by atoms with Gasteiger partial charge in [-0.25, -0.2) is 4.79 Å². The Morgan fingerprint density at radius 3 is 2.33 bits per heavy atom. The van der Waals surface area contributed by atoms with Crippen LogP contribution in [-0.4, -0.2) is 29.9 Å². The molecule has 0 heterocycles. The average Bonchev–Trinajstić information content (AvgIpc) is 2.42. The molecule has 0 spiro atoms. The van der Waals surface area contributed by atoms with Crippen LogP contribution in [0.15, 0.2) is 12.2 Å². The number of rotatable bonds is 10. The third-order valence-corrected chi connectivity index (χ3v) is 3.33. The van der Waals surface area contributed by atoms with Gasteiger partial charge in [-0.05, 0) is 26.7 Å². The molecule has 2 atom stereocenters. The van der Waals surface area contributed by atoms with Crippen LogP contribution in [-0.2, 0) is 19.1 Å². The van der Waals surface area contributed by atoms with Crippen LogP contribution in [0.2, 0.25) is 0 Å². The van der Waals surface area contributed by atoms with Crippen molar-refractivity contribution in [3.63, 3.8) is 0 Å². The number of hydrogen-bond donors (Lipinski definition) is 1. The number of ether oxygens (including phenoxy) is 2. The predicted octanol–water partition coefficient (Wildman–Crippen LogP) is 2.96. The smallest absolute Gasteiger partial charge is 0.333 e. The molecule has 1 N–H and O–H groups in total. The molecule has 0 aliphatic carbocycles. The van der Waals surface area contributed by atoms with Crippen LogP contribution < -0.4 is 0 Å². The third kappa shape index (κ3) is 7.27. The monoisotopic (exact) mass is 300 g/mol. The Morgan fingerprint density at radius 2 is 1.86 bits per heavy atom. The van der Waals surface area contributed by atoms with Crippen molar-refractivity contribution < 1.29 is 24.2 Å². The molecule has 0 aliphatic rings. The molecular formula is C16H28O5. The first-order valence-corrected chi connectivity index (χ1v) is 7.48. The maximum atomic E-state index is 12.2. The van der Waals surface area contributed by atoms with Crippen LogP contribution >= 0.6 is 0 Å². The third-order valence-electron chi connectivity index (χ3n) is 3.33. The van der Waals surface area contributed by atoms with E-state index in [1.807, 2.05) is 13.8 Å². The first-order chi connectivity index (χ1) is 9.76. The molecule has 0 aromatic heterocycles. The van der Waals surface area contributed by atoms with E-state index in [0.717, 1.165) is 19.3 Å². The molecule has 0 saturated heterocycles. The van der Waals surface area contributed by atoms with Gasteiger partial charge in [-0.3, -0.25) is 4.79 Å². The zero-order valence-electron chi connectivity index (χ0n) is 13.6. The van der Waals surface area contributed by atoms with E-state index in [0.29, 0.717) is 12.8 Å². The zero-order chi connectivity index (χ0) is 16.5. The van der Waals surface area contributed by atoms with Crippen LogP contribution in [0.1, 0.15) is 59.8 Å². The van der Waals surface area contributed by atoms with Crippen molar-refractivity contribution in [2.24, 2.45) is 5.41 Å². The molecule has 0 aromatic rings. The van der Waals surface area contributed by atoms with Crippen LogP contribution in [0.5, 0.6) is 0 Å². The summed E-state index contributed by atoms with van der Waals surface area (Å²) in [6.07, 6.45) is 2.74. The summed E-state index contributed by atoms with van der Waals surface area (Å²) in [5.41, 5.74) is -0.378. The number of aliphatic hydroxyl groups excluding tert-OH is 1. The molecule has 5 nitrogen and oxygen atoms in total. The highest BCUT2D eigenvalue weighted by Crippen LogP contribution is 2.31. The van der Waals surface area contributed by atoms with Gasteiger partial charge in [0, 0.05) is 5.57 Å². The predicted molar refractivity (Wildman–Crippen MR) is 80.4 cm³/mol.